The fourth-order valence-corrected chi connectivity index (χ4v) is 4.23. The van der Waals surface area contributed by atoms with Gasteiger partial charge in [-0.25, -0.2) is 4.68 Å². The third kappa shape index (κ3) is 5.32. The maximum atomic E-state index is 6.61. The molecule has 0 saturated carbocycles. The number of halogens is 2. The topological polar surface area (TPSA) is 70.1 Å². The summed E-state index contributed by atoms with van der Waals surface area (Å²) >= 11 is 14.1. The average molecular weight is 487 g/mol. The van der Waals surface area contributed by atoms with Crippen LogP contribution in [0.15, 0.2) is 65.1 Å². The van der Waals surface area contributed by atoms with Crippen molar-refractivity contribution in [3.8, 4) is 5.75 Å². The van der Waals surface area contributed by atoms with Gasteiger partial charge in [0.25, 0.3) is 0 Å². The number of hydrogen-bond donors (Lipinski definition) is 0. The molecule has 0 atom stereocenters. The lowest BCUT2D eigenvalue weighted by Gasteiger charge is -2.06. The molecule has 7 nitrogen and oxygen atoms in total. The lowest BCUT2D eigenvalue weighted by molar-refractivity contribution is 0.414. The van der Waals surface area contributed by atoms with E-state index in [0.717, 1.165) is 33.9 Å². The summed E-state index contributed by atoms with van der Waals surface area (Å²) in [5.74, 6) is 1.52. The molecule has 0 fully saturated rings. The van der Waals surface area contributed by atoms with E-state index in [1.54, 1.807) is 29.0 Å². The first-order valence-corrected chi connectivity index (χ1v) is 11.4. The van der Waals surface area contributed by atoms with Gasteiger partial charge >= 0.3 is 0 Å². The SMILES string of the molecule is COc1cccc(Cn2nc(C)c(/C=N/n3cnnc3SCc3ccc(Cl)cc3)c2Cl)c1. The molecule has 0 radical (unpaired) electrons. The second-order valence-electron chi connectivity index (χ2n) is 6.92. The number of hydrogen-bond acceptors (Lipinski definition) is 6. The zero-order valence-corrected chi connectivity index (χ0v) is 19.8. The molecule has 0 spiro atoms. The molecule has 0 N–H and O–H groups in total. The van der Waals surface area contributed by atoms with Crippen molar-refractivity contribution in [3.63, 3.8) is 0 Å². The van der Waals surface area contributed by atoms with Crippen LogP contribution in [-0.2, 0) is 12.3 Å². The minimum Gasteiger partial charge on any atom is -0.497 e. The van der Waals surface area contributed by atoms with Gasteiger partial charge < -0.3 is 4.74 Å². The smallest absolute Gasteiger partial charge is 0.212 e. The zero-order valence-electron chi connectivity index (χ0n) is 17.4. The lowest BCUT2D eigenvalue weighted by Crippen LogP contribution is -2.02. The van der Waals surface area contributed by atoms with E-state index >= 15 is 0 Å². The molecule has 2 aromatic heterocycles. The molecule has 0 aliphatic rings. The Hall–Kier alpha value is -2.81. The van der Waals surface area contributed by atoms with Gasteiger partial charge in [-0.15, -0.1) is 10.2 Å². The molecular weight excluding hydrogens is 467 g/mol. The summed E-state index contributed by atoms with van der Waals surface area (Å²) < 4.78 is 8.66. The monoisotopic (exact) mass is 486 g/mol. The highest BCUT2D eigenvalue weighted by Gasteiger charge is 2.13. The van der Waals surface area contributed by atoms with Gasteiger partial charge in [-0.05, 0) is 42.3 Å². The molecule has 4 aromatic rings. The predicted molar refractivity (Wildman–Crippen MR) is 128 cm³/mol. The molecule has 32 heavy (non-hydrogen) atoms. The second kappa shape index (κ2) is 10.2. The second-order valence-corrected chi connectivity index (χ2v) is 8.65. The molecule has 2 heterocycles. The van der Waals surface area contributed by atoms with E-state index in [0.29, 0.717) is 21.9 Å². The Morgan fingerprint density at radius 2 is 1.94 bits per heavy atom. The fourth-order valence-electron chi connectivity index (χ4n) is 3.00. The minimum atomic E-state index is 0.512. The molecule has 0 unspecified atom stereocenters. The van der Waals surface area contributed by atoms with Gasteiger partial charge in [-0.1, -0.05) is 59.2 Å². The summed E-state index contributed by atoms with van der Waals surface area (Å²) in [7, 11) is 1.64. The maximum Gasteiger partial charge on any atom is 0.212 e. The Morgan fingerprint density at radius 1 is 1.12 bits per heavy atom. The number of methoxy groups -OCH3 is 1. The lowest BCUT2D eigenvalue weighted by atomic mass is 10.2. The summed E-state index contributed by atoms with van der Waals surface area (Å²) in [6.45, 7) is 2.43. The van der Waals surface area contributed by atoms with Crippen LogP contribution in [0.3, 0.4) is 0 Å². The van der Waals surface area contributed by atoms with E-state index in [2.05, 4.69) is 20.4 Å². The van der Waals surface area contributed by atoms with Gasteiger partial charge in [0, 0.05) is 10.8 Å². The Labute approximate surface area is 200 Å². The van der Waals surface area contributed by atoms with Crippen LogP contribution < -0.4 is 4.74 Å². The van der Waals surface area contributed by atoms with Crippen LogP contribution in [0.5, 0.6) is 5.75 Å². The molecule has 0 bridgehead atoms. The molecule has 0 amide bonds. The van der Waals surface area contributed by atoms with Crippen LogP contribution in [0.1, 0.15) is 22.4 Å². The summed E-state index contributed by atoms with van der Waals surface area (Å²) in [5.41, 5.74) is 3.70. The van der Waals surface area contributed by atoms with E-state index in [1.165, 1.54) is 11.8 Å². The maximum absolute atomic E-state index is 6.61. The molecule has 0 aliphatic heterocycles. The van der Waals surface area contributed by atoms with Crippen LogP contribution in [0.2, 0.25) is 10.2 Å². The van der Waals surface area contributed by atoms with Crippen molar-refractivity contribution in [2.45, 2.75) is 24.4 Å². The van der Waals surface area contributed by atoms with Crippen LogP contribution in [0.25, 0.3) is 0 Å². The van der Waals surface area contributed by atoms with Crippen LogP contribution in [0, 0.1) is 6.92 Å². The summed E-state index contributed by atoms with van der Waals surface area (Å²) in [5, 5.41) is 19.1. The van der Waals surface area contributed by atoms with Crippen molar-refractivity contribution < 1.29 is 4.74 Å². The molecule has 4 rings (SSSR count). The first-order valence-electron chi connectivity index (χ1n) is 9.71. The summed E-state index contributed by atoms with van der Waals surface area (Å²) in [6.07, 6.45) is 3.24. The highest BCUT2D eigenvalue weighted by Crippen LogP contribution is 2.23. The Balaban J connectivity index is 1.48. The van der Waals surface area contributed by atoms with Crippen molar-refractivity contribution in [1.29, 1.82) is 0 Å². The standard InChI is InChI=1S/C22H20Cl2N6OS/c1-15-20(21(24)29(28-15)12-17-4-3-5-19(10-17)31-2)11-26-30-14-25-27-22(30)32-13-16-6-8-18(23)9-7-16/h3-11,14H,12-13H2,1-2H3/b26-11+. The van der Waals surface area contributed by atoms with Gasteiger partial charge in [-0.3, -0.25) is 0 Å². The molecule has 0 saturated heterocycles. The van der Waals surface area contributed by atoms with Gasteiger partial charge in [0.2, 0.25) is 5.16 Å². The number of rotatable bonds is 8. The first-order chi connectivity index (χ1) is 15.5. The quantitative estimate of drug-likeness (QED) is 0.249. The zero-order chi connectivity index (χ0) is 22.5. The van der Waals surface area contributed by atoms with E-state index in [-0.39, 0.29) is 0 Å². The molecular formula is C22H20Cl2N6OS. The van der Waals surface area contributed by atoms with Gasteiger partial charge in [0.1, 0.15) is 17.2 Å². The van der Waals surface area contributed by atoms with Gasteiger partial charge in [0.05, 0.1) is 31.1 Å². The fraction of sp³-hybridized carbons (Fsp3) is 0.182. The molecule has 10 heteroatoms. The van der Waals surface area contributed by atoms with Crippen LogP contribution >= 0.6 is 35.0 Å². The van der Waals surface area contributed by atoms with Crippen LogP contribution in [-0.4, -0.2) is 38.0 Å². The number of thioether (sulfide) groups is 1. The third-order valence-corrected chi connectivity index (χ3v) is 6.32. The number of aromatic nitrogens is 5. The molecule has 2 aromatic carbocycles. The minimum absolute atomic E-state index is 0.512. The number of aryl methyl sites for hydroxylation is 1. The Morgan fingerprint density at radius 3 is 2.72 bits per heavy atom. The molecule has 164 valence electrons. The van der Waals surface area contributed by atoms with Crippen molar-refractivity contribution in [2.75, 3.05) is 7.11 Å². The van der Waals surface area contributed by atoms with Crippen molar-refractivity contribution in [2.24, 2.45) is 5.10 Å². The summed E-state index contributed by atoms with van der Waals surface area (Å²) in [4.78, 5) is 0. The van der Waals surface area contributed by atoms with Crippen molar-refractivity contribution >= 4 is 41.2 Å². The highest BCUT2D eigenvalue weighted by atomic mass is 35.5. The van der Waals surface area contributed by atoms with Crippen molar-refractivity contribution in [3.05, 3.63) is 87.4 Å². The Bertz CT molecular complexity index is 1240. The highest BCUT2D eigenvalue weighted by molar-refractivity contribution is 7.98. The normalized spacial score (nSPS) is 11.4. The van der Waals surface area contributed by atoms with Gasteiger partial charge in [-0.2, -0.15) is 14.9 Å². The van der Waals surface area contributed by atoms with Crippen LogP contribution in [0.4, 0.5) is 0 Å². The average Bonchev–Trinajstić information content (AvgIpc) is 3.35. The largest absolute Gasteiger partial charge is 0.497 e. The number of benzene rings is 2. The first kappa shape index (κ1) is 22.4. The number of nitrogens with zero attached hydrogens (tertiary/aromatic N) is 6. The van der Waals surface area contributed by atoms with E-state index < -0.39 is 0 Å². The van der Waals surface area contributed by atoms with Gasteiger partial charge in [0.15, 0.2) is 0 Å². The van der Waals surface area contributed by atoms with Crippen molar-refractivity contribution in [1.82, 2.24) is 24.7 Å². The third-order valence-electron chi connectivity index (χ3n) is 4.67. The Kier molecular flexibility index (Phi) is 7.14. The number of ether oxygens (including phenoxy) is 1. The molecule has 0 aliphatic carbocycles. The summed E-state index contributed by atoms with van der Waals surface area (Å²) in [6, 6.07) is 15.5. The van der Waals surface area contributed by atoms with E-state index in [4.69, 9.17) is 27.9 Å². The van der Waals surface area contributed by atoms with E-state index in [1.807, 2.05) is 55.5 Å². The predicted octanol–water partition coefficient (Wildman–Crippen LogP) is 5.32. The van der Waals surface area contributed by atoms with E-state index in [9.17, 15) is 0 Å².